The number of alkyl halides is 4. The molecule has 0 aliphatic carbocycles. The van der Waals surface area contributed by atoms with Gasteiger partial charge in [0.1, 0.15) is 0 Å². The van der Waals surface area contributed by atoms with Gasteiger partial charge in [-0.2, -0.15) is 0 Å². The zero-order valence-electron chi connectivity index (χ0n) is 8.53. The summed E-state index contributed by atoms with van der Waals surface area (Å²) in [5, 5.41) is 10.4. The Labute approximate surface area is 107 Å². The Balaban J connectivity index is 3.24. The minimum atomic E-state index is -5.07. The number of ether oxygens (including phenoxy) is 1. The van der Waals surface area contributed by atoms with Gasteiger partial charge in [-0.25, -0.2) is 0 Å². The van der Waals surface area contributed by atoms with Gasteiger partial charge in [0.15, 0.2) is 5.78 Å². The second-order valence-corrected chi connectivity index (χ2v) is 3.60. The van der Waals surface area contributed by atoms with Gasteiger partial charge in [0.2, 0.25) is 5.75 Å². The van der Waals surface area contributed by atoms with Crippen molar-refractivity contribution in [3.63, 3.8) is 0 Å². The smallest absolute Gasteiger partial charge is 0.398 e. The maximum absolute atomic E-state index is 12.1. The molecule has 0 spiro atoms. The van der Waals surface area contributed by atoms with Crippen molar-refractivity contribution in [2.24, 2.45) is 0 Å². The highest BCUT2D eigenvalue weighted by Gasteiger charge is 2.34. The number of nitro groups is 1. The molecule has 0 unspecified atom stereocenters. The Hall–Kier alpha value is -1.64. The highest BCUT2D eigenvalue weighted by atomic mass is 79.9. The van der Waals surface area contributed by atoms with Crippen LogP contribution < -0.4 is 4.74 Å². The van der Waals surface area contributed by atoms with Crippen LogP contribution in [0.1, 0.15) is 10.4 Å². The van der Waals surface area contributed by atoms with Crippen LogP contribution in [0.2, 0.25) is 0 Å². The molecule has 18 heavy (non-hydrogen) atoms. The molecule has 5 nitrogen and oxygen atoms in total. The third-order valence-corrected chi connectivity index (χ3v) is 2.33. The molecule has 0 saturated carbocycles. The second-order valence-electron chi connectivity index (χ2n) is 3.04. The van der Waals surface area contributed by atoms with Crippen LogP contribution in [0.15, 0.2) is 18.2 Å². The van der Waals surface area contributed by atoms with Crippen LogP contribution in [0.3, 0.4) is 0 Å². The lowest BCUT2D eigenvalue weighted by atomic mass is 10.1. The highest BCUT2D eigenvalue weighted by Crippen LogP contribution is 2.32. The number of halogens is 4. The summed E-state index contributed by atoms with van der Waals surface area (Å²) in [6.45, 7) is 0. The largest absolute Gasteiger partial charge is 0.573 e. The number of nitro benzene ring substituents is 1. The van der Waals surface area contributed by atoms with E-state index in [4.69, 9.17) is 0 Å². The van der Waals surface area contributed by atoms with E-state index in [1.807, 2.05) is 0 Å². The summed E-state index contributed by atoms with van der Waals surface area (Å²) in [5.74, 6) is -1.53. The third kappa shape index (κ3) is 3.69. The van der Waals surface area contributed by atoms with Gasteiger partial charge >= 0.3 is 12.0 Å². The molecule has 0 fully saturated rings. The van der Waals surface area contributed by atoms with Crippen molar-refractivity contribution in [3.05, 3.63) is 33.9 Å². The van der Waals surface area contributed by atoms with E-state index in [1.54, 1.807) is 0 Å². The fourth-order valence-electron chi connectivity index (χ4n) is 1.12. The molecular weight excluding hydrogens is 323 g/mol. The first-order valence-corrected chi connectivity index (χ1v) is 5.50. The monoisotopic (exact) mass is 327 g/mol. The topological polar surface area (TPSA) is 69.4 Å². The fraction of sp³-hybridized carbons (Fsp3) is 0.222. The zero-order chi connectivity index (χ0) is 13.9. The molecule has 0 saturated heterocycles. The molecule has 1 aromatic carbocycles. The zero-order valence-corrected chi connectivity index (χ0v) is 10.1. The number of benzene rings is 1. The minimum absolute atomic E-state index is 0.114. The number of rotatable bonds is 4. The van der Waals surface area contributed by atoms with Crippen molar-refractivity contribution in [2.45, 2.75) is 6.36 Å². The van der Waals surface area contributed by atoms with E-state index >= 15 is 0 Å². The predicted molar refractivity (Wildman–Crippen MR) is 57.9 cm³/mol. The van der Waals surface area contributed by atoms with Crippen molar-refractivity contribution < 1.29 is 27.6 Å². The Morgan fingerprint density at radius 2 is 2.06 bits per heavy atom. The van der Waals surface area contributed by atoms with E-state index in [2.05, 4.69) is 20.7 Å². The molecule has 98 valence electrons. The van der Waals surface area contributed by atoms with Crippen molar-refractivity contribution in [1.82, 2.24) is 0 Å². The Morgan fingerprint density at radius 3 is 2.50 bits per heavy atom. The number of hydrogen-bond donors (Lipinski definition) is 0. The molecule has 0 radical (unpaired) electrons. The fourth-order valence-corrected chi connectivity index (χ4v) is 1.45. The summed E-state index contributed by atoms with van der Waals surface area (Å²) in [6, 6.07) is 2.54. The molecule has 0 heterocycles. The molecule has 1 aromatic rings. The number of Topliss-reactive ketones (excluding diaryl/α,β-unsaturated/α-hetero) is 1. The van der Waals surface area contributed by atoms with Gasteiger partial charge < -0.3 is 4.74 Å². The van der Waals surface area contributed by atoms with Gasteiger partial charge in [0.25, 0.3) is 0 Å². The number of ketones is 1. The maximum Gasteiger partial charge on any atom is 0.573 e. The van der Waals surface area contributed by atoms with Crippen molar-refractivity contribution in [2.75, 3.05) is 5.33 Å². The van der Waals surface area contributed by atoms with Crippen LogP contribution >= 0.6 is 15.9 Å². The molecule has 0 aliphatic heterocycles. The van der Waals surface area contributed by atoms with Gasteiger partial charge in [-0.3, -0.25) is 14.9 Å². The standard InChI is InChI=1S/C9H5BrF3NO4/c10-4-7(15)5-1-2-6(14(16)17)8(3-5)18-9(11,12)13/h1-3H,4H2. The van der Waals surface area contributed by atoms with Gasteiger partial charge in [-0.1, -0.05) is 15.9 Å². The summed E-state index contributed by atoms with van der Waals surface area (Å²) < 4.78 is 39.7. The minimum Gasteiger partial charge on any atom is -0.398 e. The summed E-state index contributed by atoms with van der Waals surface area (Å²) in [5.41, 5.74) is -0.977. The average molecular weight is 328 g/mol. The number of hydrogen-bond acceptors (Lipinski definition) is 4. The van der Waals surface area contributed by atoms with Gasteiger partial charge in [-0.05, 0) is 12.1 Å². The van der Waals surface area contributed by atoms with Crippen LogP contribution in [-0.4, -0.2) is 22.4 Å². The molecule has 1 rings (SSSR count). The second kappa shape index (κ2) is 5.34. The first-order chi connectivity index (χ1) is 8.24. The summed E-state index contributed by atoms with van der Waals surface area (Å²) in [4.78, 5) is 20.8. The lowest BCUT2D eigenvalue weighted by Gasteiger charge is -2.09. The highest BCUT2D eigenvalue weighted by molar-refractivity contribution is 9.09. The van der Waals surface area contributed by atoms with Gasteiger partial charge in [0.05, 0.1) is 10.3 Å². The molecular formula is C9H5BrF3NO4. The number of carbonyl (C=O) groups is 1. The predicted octanol–water partition coefficient (Wildman–Crippen LogP) is 3.07. The van der Waals surface area contributed by atoms with Crippen LogP contribution in [0.5, 0.6) is 5.75 Å². The first-order valence-electron chi connectivity index (χ1n) is 4.38. The van der Waals surface area contributed by atoms with Crippen molar-refractivity contribution in [1.29, 1.82) is 0 Å². The van der Waals surface area contributed by atoms with E-state index in [-0.39, 0.29) is 10.9 Å². The lowest BCUT2D eigenvalue weighted by molar-refractivity contribution is -0.388. The Bertz CT molecular complexity index is 489. The van der Waals surface area contributed by atoms with Gasteiger partial charge in [0, 0.05) is 11.6 Å². The van der Waals surface area contributed by atoms with Crippen LogP contribution in [0, 0.1) is 10.1 Å². The Kier molecular flexibility index (Phi) is 4.28. The number of nitrogens with zero attached hydrogens (tertiary/aromatic N) is 1. The number of carbonyl (C=O) groups excluding carboxylic acids is 1. The van der Waals surface area contributed by atoms with Crippen LogP contribution in [0.25, 0.3) is 0 Å². The molecule has 0 bridgehead atoms. The molecule has 0 N–H and O–H groups in total. The van der Waals surface area contributed by atoms with E-state index in [0.29, 0.717) is 6.07 Å². The first kappa shape index (κ1) is 14.4. The Morgan fingerprint density at radius 1 is 1.44 bits per heavy atom. The molecule has 0 amide bonds. The van der Waals surface area contributed by atoms with Crippen LogP contribution in [0.4, 0.5) is 18.9 Å². The molecule has 9 heteroatoms. The average Bonchev–Trinajstić information content (AvgIpc) is 2.25. The quantitative estimate of drug-likeness (QED) is 0.369. The van der Waals surface area contributed by atoms with E-state index in [0.717, 1.165) is 12.1 Å². The normalized spacial score (nSPS) is 11.1. The van der Waals surface area contributed by atoms with E-state index < -0.39 is 28.5 Å². The third-order valence-electron chi connectivity index (χ3n) is 1.83. The van der Waals surface area contributed by atoms with Crippen molar-refractivity contribution in [3.8, 4) is 5.75 Å². The van der Waals surface area contributed by atoms with E-state index in [9.17, 15) is 28.1 Å². The SMILES string of the molecule is O=C(CBr)c1ccc([N+](=O)[O-])c(OC(F)(F)F)c1. The summed E-state index contributed by atoms with van der Waals surface area (Å²) >= 11 is 2.84. The van der Waals surface area contributed by atoms with E-state index in [1.165, 1.54) is 0 Å². The lowest BCUT2D eigenvalue weighted by Crippen LogP contribution is -2.18. The molecule has 0 aromatic heterocycles. The maximum atomic E-state index is 12.1. The van der Waals surface area contributed by atoms with Crippen LogP contribution in [-0.2, 0) is 0 Å². The van der Waals surface area contributed by atoms with Gasteiger partial charge in [-0.15, -0.1) is 13.2 Å². The molecule has 0 aliphatic rings. The summed E-state index contributed by atoms with van der Waals surface area (Å²) in [7, 11) is 0. The summed E-state index contributed by atoms with van der Waals surface area (Å²) in [6.07, 6.45) is -5.07. The molecule has 0 atom stereocenters. The van der Waals surface area contributed by atoms with Crippen molar-refractivity contribution >= 4 is 27.4 Å².